The van der Waals surface area contributed by atoms with Gasteiger partial charge >= 0.3 is 0 Å². The van der Waals surface area contributed by atoms with Crippen LogP contribution in [0.25, 0.3) is 12.2 Å². The van der Waals surface area contributed by atoms with Crippen molar-refractivity contribution in [3.8, 4) is 24.3 Å². The zero-order chi connectivity index (χ0) is 28.1. The number of hydrogen-bond acceptors (Lipinski definition) is 8. The van der Waals surface area contributed by atoms with Gasteiger partial charge in [0.05, 0.1) is 43.9 Å². The molecule has 0 heterocycles. The molecule has 0 aromatic heterocycles. The summed E-state index contributed by atoms with van der Waals surface area (Å²) in [6.07, 6.45) is 3.44. The number of allylic oxidation sites excluding steroid dienone is 4. The maximum Gasteiger partial charge on any atom is 0.203 e. The highest BCUT2D eigenvalue weighted by Crippen LogP contribution is 2.44. The van der Waals surface area contributed by atoms with E-state index in [9.17, 15) is 37.9 Å². The molecule has 1 aliphatic rings. The molecule has 0 saturated carbocycles. The lowest BCUT2D eigenvalue weighted by Gasteiger charge is -2.28. The Labute approximate surface area is 221 Å². The zero-order valence-electron chi connectivity index (χ0n) is 19.9. The normalized spacial score (nSPS) is 15.5. The molecule has 1 atom stereocenters. The van der Waals surface area contributed by atoms with Crippen LogP contribution in [0.5, 0.6) is 0 Å². The van der Waals surface area contributed by atoms with Crippen molar-refractivity contribution < 1.29 is 16.8 Å². The summed E-state index contributed by atoms with van der Waals surface area (Å²) < 4.78 is 54.9. The molecule has 0 saturated heterocycles. The van der Waals surface area contributed by atoms with E-state index in [1.54, 1.807) is 24.3 Å². The summed E-state index contributed by atoms with van der Waals surface area (Å²) in [6, 6.07) is 18.3. The molecule has 2 aromatic carbocycles. The molecule has 1 aliphatic carbocycles. The predicted octanol–water partition coefficient (Wildman–Crippen LogP) is 4.70. The first-order valence-electron chi connectivity index (χ1n) is 11.1. The first-order chi connectivity index (χ1) is 18.1. The summed E-state index contributed by atoms with van der Waals surface area (Å²) in [5.41, 5.74) is 0.988. The van der Waals surface area contributed by atoms with Crippen molar-refractivity contribution in [3.63, 3.8) is 0 Å². The van der Waals surface area contributed by atoms with Crippen molar-refractivity contribution in [2.45, 2.75) is 16.2 Å². The summed E-state index contributed by atoms with van der Waals surface area (Å²) in [7, 11) is -8.71. The van der Waals surface area contributed by atoms with Gasteiger partial charge in [0.15, 0.2) is 5.92 Å². The van der Waals surface area contributed by atoms with Crippen molar-refractivity contribution in [2.75, 3.05) is 0 Å². The monoisotopic (exact) mass is 540 g/mol. The first-order valence-corrected chi connectivity index (χ1v) is 14.0. The molecule has 0 fully saturated rings. The van der Waals surface area contributed by atoms with Gasteiger partial charge in [-0.05, 0) is 53.5 Å². The van der Waals surface area contributed by atoms with E-state index >= 15 is 0 Å². The summed E-state index contributed by atoms with van der Waals surface area (Å²) in [5.74, 6) is -4.52. The van der Waals surface area contributed by atoms with E-state index in [4.69, 9.17) is 0 Å². The Morgan fingerprint density at radius 2 is 1.18 bits per heavy atom. The largest absolute Gasteiger partial charge is 0.219 e. The first kappa shape index (κ1) is 27.8. The number of nitrogens with zero attached hydrogens (tertiary/aromatic N) is 4. The summed E-state index contributed by atoms with van der Waals surface area (Å²) >= 11 is 0. The summed E-state index contributed by atoms with van der Waals surface area (Å²) in [4.78, 5) is -1.12. The van der Waals surface area contributed by atoms with E-state index in [0.717, 1.165) is 6.08 Å². The van der Waals surface area contributed by atoms with Gasteiger partial charge in [0.2, 0.25) is 19.7 Å². The van der Waals surface area contributed by atoms with E-state index in [1.807, 2.05) is 0 Å². The molecule has 0 bridgehead atoms. The van der Waals surface area contributed by atoms with Gasteiger partial charge in [-0.15, -0.1) is 0 Å². The molecular weight excluding hydrogens is 520 g/mol. The number of nitriles is 4. The fourth-order valence-electron chi connectivity index (χ4n) is 4.05. The van der Waals surface area contributed by atoms with Crippen molar-refractivity contribution in [2.24, 2.45) is 17.8 Å². The lowest BCUT2D eigenvalue weighted by atomic mass is 9.84. The second-order valence-corrected chi connectivity index (χ2v) is 12.1. The van der Waals surface area contributed by atoms with Crippen molar-refractivity contribution in [3.05, 3.63) is 94.3 Å². The molecule has 3 rings (SSSR count). The molecule has 2 aromatic rings. The van der Waals surface area contributed by atoms with Crippen LogP contribution in [0.2, 0.25) is 0 Å². The Morgan fingerprint density at radius 3 is 1.58 bits per heavy atom. The average molecular weight is 541 g/mol. The van der Waals surface area contributed by atoms with Crippen LogP contribution < -0.4 is 0 Å². The molecule has 188 valence electrons. The highest BCUT2D eigenvalue weighted by atomic mass is 32.2. The zero-order valence-corrected chi connectivity index (χ0v) is 21.6. The molecule has 8 nitrogen and oxygen atoms in total. The van der Waals surface area contributed by atoms with Gasteiger partial charge in [0.1, 0.15) is 5.92 Å². The number of benzene rings is 2. The van der Waals surface area contributed by atoms with Gasteiger partial charge in [0.25, 0.3) is 0 Å². The molecule has 38 heavy (non-hydrogen) atoms. The van der Waals surface area contributed by atoms with Crippen LogP contribution in [-0.4, -0.2) is 16.8 Å². The van der Waals surface area contributed by atoms with E-state index < -0.39 is 53.7 Å². The maximum absolute atomic E-state index is 13.7. The van der Waals surface area contributed by atoms with Crippen molar-refractivity contribution in [1.29, 1.82) is 21.0 Å². The molecule has 0 radical (unpaired) electrons. The van der Waals surface area contributed by atoms with Crippen LogP contribution in [0.4, 0.5) is 0 Å². The van der Waals surface area contributed by atoms with E-state index in [0.29, 0.717) is 11.1 Å². The lowest BCUT2D eigenvalue weighted by Crippen LogP contribution is -2.28. The summed E-state index contributed by atoms with van der Waals surface area (Å²) in [6.45, 7) is 7.24. The smallest absolute Gasteiger partial charge is 0.203 e. The molecule has 0 spiro atoms. The third-order valence-corrected chi connectivity index (χ3v) is 10.0. The minimum absolute atomic E-state index is 0.158. The fraction of sp³-hybridized carbons (Fsp3) is 0.143. The Hall–Kier alpha value is -4.74. The van der Waals surface area contributed by atoms with Crippen LogP contribution in [0.15, 0.2) is 92.9 Å². The Bertz CT molecular complexity index is 1710. The quantitative estimate of drug-likeness (QED) is 0.465. The van der Waals surface area contributed by atoms with Gasteiger partial charge in [-0.2, -0.15) is 21.0 Å². The SMILES string of the molecule is C=Cc1ccc(S(=O)(=O)C2=CC(C(C#N)C#N)=C(S(=O)(=O)c3ccc(C=C)cc3)CC2C(C#N)C#N)cc1. The van der Waals surface area contributed by atoms with Crippen LogP contribution >= 0.6 is 0 Å². The van der Waals surface area contributed by atoms with Gasteiger partial charge < -0.3 is 0 Å². The topological polar surface area (TPSA) is 163 Å². The second kappa shape index (κ2) is 11.1. The average Bonchev–Trinajstić information content (AvgIpc) is 2.94. The van der Waals surface area contributed by atoms with Crippen molar-refractivity contribution in [1.82, 2.24) is 0 Å². The lowest BCUT2D eigenvalue weighted by molar-refractivity contribution is 0.530. The standard InChI is InChI=1S/C28H20N4O4S2/c1-3-19-5-9-23(10-6-19)37(33,34)27-13-26(22(17-31)18-32)28(14-25(27)21(15-29)16-30)38(35,36)24-11-7-20(4-2)8-12-24/h3-13,21-22,25H,1-2,14H2. The molecule has 0 aliphatic heterocycles. The molecule has 10 heteroatoms. The maximum atomic E-state index is 13.7. The Morgan fingerprint density at radius 1 is 0.737 bits per heavy atom. The molecule has 1 unspecified atom stereocenters. The van der Waals surface area contributed by atoms with Crippen LogP contribution in [0.1, 0.15) is 17.5 Å². The number of sulfone groups is 2. The third kappa shape index (κ3) is 5.05. The van der Waals surface area contributed by atoms with E-state index in [1.165, 1.54) is 60.7 Å². The van der Waals surface area contributed by atoms with E-state index in [-0.39, 0.29) is 15.4 Å². The predicted molar refractivity (Wildman–Crippen MR) is 140 cm³/mol. The van der Waals surface area contributed by atoms with Crippen LogP contribution in [0, 0.1) is 63.1 Å². The second-order valence-electron chi connectivity index (χ2n) is 8.22. The van der Waals surface area contributed by atoms with Gasteiger partial charge in [-0.25, -0.2) is 16.8 Å². The van der Waals surface area contributed by atoms with Gasteiger partial charge in [-0.1, -0.05) is 49.6 Å². The van der Waals surface area contributed by atoms with Crippen LogP contribution in [0.3, 0.4) is 0 Å². The highest BCUT2D eigenvalue weighted by Gasteiger charge is 2.42. The fourth-order valence-corrected chi connectivity index (χ4v) is 7.38. The van der Waals surface area contributed by atoms with Crippen molar-refractivity contribution >= 4 is 31.8 Å². The minimum atomic E-state index is -4.36. The van der Waals surface area contributed by atoms with Gasteiger partial charge in [-0.3, -0.25) is 0 Å². The van der Waals surface area contributed by atoms with E-state index in [2.05, 4.69) is 13.2 Å². The Balaban J connectivity index is 2.37. The number of rotatable bonds is 8. The third-order valence-electron chi connectivity index (χ3n) is 6.13. The van der Waals surface area contributed by atoms with Gasteiger partial charge in [0, 0.05) is 5.92 Å². The summed E-state index contributed by atoms with van der Waals surface area (Å²) in [5, 5.41) is 38.5. The molecule has 0 N–H and O–H groups in total. The minimum Gasteiger partial charge on any atom is -0.219 e. The number of hydrogen-bond donors (Lipinski definition) is 0. The highest BCUT2D eigenvalue weighted by molar-refractivity contribution is 7.96. The van der Waals surface area contributed by atoms with Crippen LogP contribution in [-0.2, 0) is 19.7 Å². The Kier molecular flexibility index (Phi) is 8.14. The molecule has 0 amide bonds. The molecular formula is C28H20N4O4S2.